The molecule has 3 aromatic rings. The number of carboxylic acids is 1. The summed E-state index contributed by atoms with van der Waals surface area (Å²) in [6.45, 7) is 0.399. The van der Waals surface area contributed by atoms with E-state index < -0.39 is 36.7 Å². The van der Waals surface area contributed by atoms with E-state index in [1.807, 2.05) is 0 Å². The van der Waals surface area contributed by atoms with Crippen LogP contribution in [0.4, 0.5) is 0 Å². The molecule has 1 heterocycles. The first-order valence-electron chi connectivity index (χ1n) is 11.4. The molecule has 2 aromatic carbocycles. The number of ether oxygens (including phenoxy) is 1. The number of hydrogen-bond acceptors (Lipinski definition) is 7. The quantitative estimate of drug-likeness (QED) is 0.313. The van der Waals surface area contributed by atoms with Gasteiger partial charge in [-0.05, 0) is 55.0 Å². The van der Waals surface area contributed by atoms with Crippen LogP contribution in [0.1, 0.15) is 21.6 Å². The lowest BCUT2D eigenvalue weighted by Gasteiger charge is -2.08. The van der Waals surface area contributed by atoms with Crippen molar-refractivity contribution >= 4 is 58.2 Å². The van der Waals surface area contributed by atoms with Gasteiger partial charge in [-0.25, -0.2) is 0 Å². The predicted octanol–water partition coefficient (Wildman–Crippen LogP) is 1.80. The third kappa shape index (κ3) is 7.04. The van der Waals surface area contributed by atoms with E-state index in [0.717, 1.165) is 6.21 Å². The van der Waals surface area contributed by atoms with E-state index in [1.165, 1.54) is 11.7 Å². The van der Waals surface area contributed by atoms with Crippen molar-refractivity contribution in [1.82, 2.24) is 15.2 Å². The molecule has 0 aliphatic heterocycles. The van der Waals surface area contributed by atoms with E-state index in [0.29, 0.717) is 38.5 Å². The summed E-state index contributed by atoms with van der Waals surface area (Å²) in [5.41, 5.74) is 2.15. The van der Waals surface area contributed by atoms with Crippen LogP contribution < -0.4 is 15.4 Å². The zero-order valence-electron chi connectivity index (χ0n) is 20.6. The Kier molecular flexibility index (Phi) is 9.33. The molecular formula is C26H25ClN4O7. The maximum atomic E-state index is 13.4. The number of hydrogen-bond donors (Lipinski definition) is 3. The highest BCUT2D eigenvalue weighted by atomic mass is 35.5. The van der Waals surface area contributed by atoms with Gasteiger partial charge in [-0.3, -0.25) is 33.5 Å². The number of nitrogens with one attached hydrogen (secondary N) is 2. The molecule has 12 heteroatoms. The molecule has 3 rings (SSSR count). The van der Waals surface area contributed by atoms with Crippen LogP contribution in [0, 0.1) is 6.92 Å². The van der Waals surface area contributed by atoms with Gasteiger partial charge in [-0.15, -0.1) is 0 Å². The molecule has 0 fully saturated rings. The lowest BCUT2D eigenvalue weighted by atomic mass is 10.1. The maximum absolute atomic E-state index is 13.4. The standard InChI is InChI=1S/C26H25ClN4O7/c1-15-20(10-23(33)30-13-24(34)29-12-18(32)11-28-14-25(35)36)21-9-19(38-2)7-8-22(21)31(15)26(37)16-3-5-17(27)6-4-16/h3-9,11H,10,12-14H2,1-2H3,(H,29,34)(H,30,33)(H,35,36). The fraction of sp³-hybridized carbons (Fsp3) is 0.231. The molecule has 3 N–H and O–H groups in total. The van der Waals surface area contributed by atoms with Crippen molar-refractivity contribution in [3.63, 3.8) is 0 Å². The third-order valence-corrected chi connectivity index (χ3v) is 5.79. The Labute approximate surface area is 222 Å². The van der Waals surface area contributed by atoms with Crippen LogP contribution in [0.2, 0.25) is 5.02 Å². The van der Waals surface area contributed by atoms with Crippen molar-refractivity contribution in [2.45, 2.75) is 13.3 Å². The van der Waals surface area contributed by atoms with Crippen molar-refractivity contribution < 1.29 is 33.8 Å². The number of amides is 2. The van der Waals surface area contributed by atoms with Gasteiger partial charge < -0.3 is 20.5 Å². The molecule has 0 radical (unpaired) electrons. The number of rotatable bonds is 11. The van der Waals surface area contributed by atoms with Gasteiger partial charge >= 0.3 is 5.97 Å². The number of aliphatic carboxylic acids is 1. The van der Waals surface area contributed by atoms with Gasteiger partial charge in [-0.2, -0.15) is 0 Å². The largest absolute Gasteiger partial charge is 0.497 e. The van der Waals surface area contributed by atoms with Crippen molar-refractivity contribution in [3.8, 4) is 5.75 Å². The minimum absolute atomic E-state index is 0.121. The van der Waals surface area contributed by atoms with Gasteiger partial charge in [0.2, 0.25) is 11.8 Å². The topological polar surface area (TPSA) is 156 Å². The summed E-state index contributed by atoms with van der Waals surface area (Å²) in [4.78, 5) is 63.5. The van der Waals surface area contributed by atoms with Crippen molar-refractivity contribution in [2.24, 2.45) is 4.99 Å². The smallest absolute Gasteiger partial charge is 0.325 e. The van der Waals surface area contributed by atoms with Gasteiger partial charge in [0.05, 0.1) is 38.4 Å². The SMILES string of the molecule is COc1ccc2c(c1)c(CC(=O)NCC(=O)NCC(=O)C=NCC(=O)O)c(C)n2C(=O)c1ccc(Cl)cc1. The molecule has 38 heavy (non-hydrogen) atoms. The molecule has 1 aromatic heterocycles. The van der Waals surface area contributed by atoms with Gasteiger partial charge in [0.1, 0.15) is 12.3 Å². The number of aliphatic imine (C=N–C) groups is 1. The third-order valence-electron chi connectivity index (χ3n) is 5.54. The van der Waals surface area contributed by atoms with E-state index in [1.54, 1.807) is 49.4 Å². The molecule has 2 amide bonds. The second kappa shape index (κ2) is 12.6. The second-order valence-corrected chi connectivity index (χ2v) is 8.59. The van der Waals surface area contributed by atoms with Crippen LogP contribution >= 0.6 is 11.6 Å². The first kappa shape index (κ1) is 28.1. The Bertz CT molecular complexity index is 1430. The summed E-state index contributed by atoms with van der Waals surface area (Å²) in [6.07, 6.45) is 0.704. The second-order valence-electron chi connectivity index (χ2n) is 8.15. The number of nitrogens with zero attached hydrogens (tertiary/aromatic N) is 2. The fourth-order valence-corrected chi connectivity index (χ4v) is 3.84. The fourth-order valence-electron chi connectivity index (χ4n) is 3.72. The molecule has 11 nitrogen and oxygen atoms in total. The average molecular weight is 541 g/mol. The zero-order valence-corrected chi connectivity index (χ0v) is 21.4. The molecule has 0 saturated carbocycles. The van der Waals surface area contributed by atoms with Crippen LogP contribution in [0.25, 0.3) is 10.9 Å². The number of ketones is 1. The van der Waals surface area contributed by atoms with E-state index in [4.69, 9.17) is 21.4 Å². The minimum atomic E-state index is -1.19. The normalized spacial score (nSPS) is 10.9. The molecular weight excluding hydrogens is 516 g/mol. The lowest BCUT2D eigenvalue weighted by Crippen LogP contribution is -2.39. The maximum Gasteiger partial charge on any atom is 0.325 e. The molecule has 198 valence electrons. The minimum Gasteiger partial charge on any atom is -0.497 e. The Balaban J connectivity index is 1.73. The van der Waals surface area contributed by atoms with Crippen molar-refractivity contribution in [2.75, 3.05) is 26.7 Å². The molecule has 0 saturated heterocycles. The number of fused-ring (bicyclic) bond motifs is 1. The zero-order chi connectivity index (χ0) is 27.8. The predicted molar refractivity (Wildman–Crippen MR) is 140 cm³/mol. The average Bonchev–Trinajstić information content (AvgIpc) is 3.16. The van der Waals surface area contributed by atoms with Crippen molar-refractivity contribution in [3.05, 3.63) is 64.3 Å². The number of halogens is 1. The Hall–Kier alpha value is -4.51. The van der Waals surface area contributed by atoms with Crippen molar-refractivity contribution in [1.29, 1.82) is 0 Å². The number of carboxylic acid groups (broad SMARTS) is 1. The van der Waals surface area contributed by atoms with Crippen LogP contribution in [0.3, 0.4) is 0 Å². The number of carbonyl (C=O) groups is 5. The summed E-state index contributed by atoms with van der Waals surface area (Å²) in [7, 11) is 1.51. The Morgan fingerprint density at radius 2 is 1.71 bits per heavy atom. The number of Topliss-reactive ketones (excluding diaryl/α,β-unsaturated/α-hetero) is 1. The molecule has 0 bridgehead atoms. The van der Waals surface area contributed by atoms with Gasteiger partial charge in [0.25, 0.3) is 5.91 Å². The molecule has 0 spiro atoms. The lowest BCUT2D eigenvalue weighted by molar-refractivity contribution is -0.135. The number of aromatic nitrogens is 1. The van der Waals surface area contributed by atoms with E-state index >= 15 is 0 Å². The summed E-state index contributed by atoms with van der Waals surface area (Å²) in [6, 6.07) is 11.7. The molecule has 0 unspecified atom stereocenters. The Morgan fingerprint density at radius 1 is 1.03 bits per heavy atom. The van der Waals surface area contributed by atoms with Crippen LogP contribution in [0.15, 0.2) is 47.5 Å². The Morgan fingerprint density at radius 3 is 2.37 bits per heavy atom. The number of carbonyl (C=O) groups excluding carboxylic acids is 4. The van der Waals surface area contributed by atoms with Crippen LogP contribution in [-0.2, 0) is 25.6 Å². The molecule has 0 atom stereocenters. The number of benzene rings is 2. The highest BCUT2D eigenvalue weighted by Crippen LogP contribution is 2.30. The summed E-state index contributed by atoms with van der Waals surface area (Å²) < 4.78 is 6.84. The van der Waals surface area contributed by atoms with Crippen LogP contribution in [-0.4, -0.2) is 72.1 Å². The highest BCUT2D eigenvalue weighted by Gasteiger charge is 2.22. The first-order chi connectivity index (χ1) is 18.1. The van der Waals surface area contributed by atoms with E-state index in [9.17, 15) is 24.0 Å². The van der Waals surface area contributed by atoms with E-state index in [2.05, 4.69) is 15.6 Å². The summed E-state index contributed by atoms with van der Waals surface area (Å²) in [5, 5.41) is 14.5. The summed E-state index contributed by atoms with van der Waals surface area (Å²) in [5.74, 6) is -2.61. The highest BCUT2D eigenvalue weighted by molar-refractivity contribution is 6.30. The van der Waals surface area contributed by atoms with Gasteiger partial charge in [0, 0.05) is 21.7 Å². The molecule has 0 aliphatic rings. The monoisotopic (exact) mass is 540 g/mol. The molecule has 0 aliphatic carbocycles. The van der Waals surface area contributed by atoms with Crippen LogP contribution in [0.5, 0.6) is 5.75 Å². The van der Waals surface area contributed by atoms with E-state index in [-0.39, 0.29) is 18.9 Å². The number of methoxy groups -OCH3 is 1. The van der Waals surface area contributed by atoms with Gasteiger partial charge in [-0.1, -0.05) is 11.6 Å². The van der Waals surface area contributed by atoms with Gasteiger partial charge in [0.15, 0.2) is 5.78 Å². The first-order valence-corrected chi connectivity index (χ1v) is 11.7. The summed E-state index contributed by atoms with van der Waals surface area (Å²) >= 11 is 5.95.